The number of rotatable bonds is 6. The minimum atomic E-state index is -0.203. The van der Waals surface area contributed by atoms with Crippen LogP contribution in [0.4, 0.5) is 5.13 Å². The lowest BCUT2D eigenvalue weighted by Crippen LogP contribution is -2.19. The Balaban J connectivity index is 1.83. The zero-order valence-electron chi connectivity index (χ0n) is 11.6. The molecule has 1 atom stereocenters. The van der Waals surface area contributed by atoms with Crippen LogP contribution in [-0.4, -0.2) is 17.5 Å². The predicted octanol–water partition coefficient (Wildman–Crippen LogP) is 3.67. The number of hydrogen-bond donors (Lipinski definition) is 1. The van der Waals surface area contributed by atoms with Crippen LogP contribution in [0.15, 0.2) is 35.8 Å². The third kappa shape index (κ3) is 4.06. The van der Waals surface area contributed by atoms with Gasteiger partial charge in [-0.25, -0.2) is 4.98 Å². The number of thiazole rings is 1. The van der Waals surface area contributed by atoms with Crippen molar-refractivity contribution in [3.63, 3.8) is 0 Å². The predicted molar refractivity (Wildman–Crippen MR) is 81.4 cm³/mol. The van der Waals surface area contributed by atoms with E-state index in [2.05, 4.69) is 24.1 Å². The Hall–Kier alpha value is -1.88. The maximum Gasteiger partial charge on any atom is 0.264 e. The van der Waals surface area contributed by atoms with Gasteiger partial charge in [-0.05, 0) is 30.0 Å². The summed E-state index contributed by atoms with van der Waals surface area (Å²) >= 11 is 1.38. The molecule has 1 aromatic heterocycles. The molecule has 0 saturated heterocycles. The van der Waals surface area contributed by atoms with E-state index in [-0.39, 0.29) is 12.5 Å². The van der Waals surface area contributed by atoms with Gasteiger partial charge in [0.05, 0.1) is 0 Å². The Morgan fingerprint density at radius 1 is 1.40 bits per heavy atom. The van der Waals surface area contributed by atoms with Gasteiger partial charge in [-0.3, -0.25) is 10.1 Å². The number of hydrogen-bond acceptors (Lipinski definition) is 4. The molecular formula is C15H18N2O2S. The molecule has 0 aliphatic carbocycles. The Bertz CT molecular complexity index is 538. The highest BCUT2D eigenvalue weighted by Gasteiger charge is 2.06. The van der Waals surface area contributed by atoms with Crippen molar-refractivity contribution in [3.05, 3.63) is 41.4 Å². The molecule has 1 N–H and O–H groups in total. The molecule has 0 aliphatic heterocycles. The summed E-state index contributed by atoms with van der Waals surface area (Å²) in [6, 6.07) is 7.89. The SMILES string of the molecule is CCC(C)c1ccc(OCC(=O)Nc2nccs2)cc1. The Morgan fingerprint density at radius 3 is 2.75 bits per heavy atom. The average molecular weight is 290 g/mol. The molecule has 4 nitrogen and oxygen atoms in total. The van der Waals surface area contributed by atoms with E-state index in [0.717, 1.165) is 6.42 Å². The highest BCUT2D eigenvalue weighted by atomic mass is 32.1. The van der Waals surface area contributed by atoms with Crippen LogP contribution in [0.5, 0.6) is 5.75 Å². The van der Waals surface area contributed by atoms with Gasteiger partial charge in [0, 0.05) is 11.6 Å². The number of ether oxygens (including phenoxy) is 1. The van der Waals surface area contributed by atoms with E-state index in [1.807, 2.05) is 29.6 Å². The van der Waals surface area contributed by atoms with E-state index in [1.165, 1.54) is 16.9 Å². The molecule has 0 spiro atoms. The molecule has 0 aliphatic rings. The largest absolute Gasteiger partial charge is 0.484 e. The van der Waals surface area contributed by atoms with Gasteiger partial charge >= 0.3 is 0 Å². The molecule has 1 aromatic carbocycles. The zero-order chi connectivity index (χ0) is 14.4. The van der Waals surface area contributed by atoms with Crippen molar-refractivity contribution in [2.24, 2.45) is 0 Å². The second-order valence-corrected chi connectivity index (χ2v) is 5.45. The van der Waals surface area contributed by atoms with Crippen LogP contribution in [0.25, 0.3) is 0 Å². The first-order valence-electron chi connectivity index (χ1n) is 6.61. The van der Waals surface area contributed by atoms with Crippen LogP contribution in [0, 0.1) is 0 Å². The minimum absolute atomic E-state index is 0.0116. The summed E-state index contributed by atoms with van der Waals surface area (Å²) < 4.78 is 5.45. The van der Waals surface area contributed by atoms with Gasteiger partial charge in [0.15, 0.2) is 11.7 Å². The summed E-state index contributed by atoms with van der Waals surface area (Å²) in [5.41, 5.74) is 1.28. The van der Waals surface area contributed by atoms with E-state index in [1.54, 1.807) is 6.20 Å². The summed E-state index contributed by atoms with van der Waals surface area (Å²) in [4.78, 5) is 15.6. The van der Waals surface area contributed by atoms with E-state index < -0.39 is 0 Å². The molecule has 106 valence electrons. The summed E-state index contributed by atoms with van der Waals surface area (Å²) in [6.45, 7) is 4.34. The van der Waals surface area contributed by atoms with Crippen molar-refractivity contribution in [1.82, 2.24) is 4.98 Å². The van der Waals surface area contributed by atoms with Gasteiger partial charge in [0.2, 0.25) is 0 Å². The Labute approximate surface area is 122 Å². The lowest BCUT2D eigenvalue weighted by Gasteiger charge is -2.10. The second kappa shape index (κ2) is 7.05. The number of nitrogens with zero attached hydrogens (tertiary/aromatic N) is 1. The molecule has 1 unspecified atom stereocenters. The van der Waals surface area contributed by atoms with Crippen molar-refractivity contribution >= 4 is 22.4 Å². The molecule has 2 rings (SSSR count). The van der Waals surface area contributed by atoms with Gasteiger partial charge in [-0.2, -0.15) is 0 Å². The highest BCUT2D eigenvalue weighted by molar-refractivity contribution is 7.13. The number of anilines is 1. The summed E-state index contributed by atoms with van der Waals surface area (Å²) in [6.07, 6.45) is 2.76. The molecule has 0 saturated carbocycles. The quantitative estimate of drug-likeness (QED) is 0.883. The molecule has 1 amide bonds. The van der Waals surface area contributed by atoms with E-state index in [9.17, 15) is 4.79 Å². The normalized spacial score (nSPS) is 11.9. The number of aromatic nitrogens is 1. The summed E-state index contributed by atoms with van der Waals surface area (Å²) in [7, 11) is 0. The molecular weight excluding hydrogens is 272 g/mol. The Kier molecular flexibility index (Phi) is 5.12. The molecule has 20 heavy (non-hydrogen) atoms. The topological polar surface area (TPSA) is 51.2 Å². The number of benzene rings is 1. The van der Waals surface area contributed by atoms with Crippen LogP contribution in [0.1, 0.15) is 31.7 Å². The molecule has 2 aromatic rings. The van der Waals surface area contributed by atoms with Crippen molar-refractivity contribution in [2.75, 3.05) is 11.9 Å². The fourth-order valence-electron chi connectivity index (χ4n) is 1.72. The highest BCUT2D eigenvalue weighted by Crippen LogP contribution is 2.21. The average Bonchev–Trinajstić information content (AvgIpc) is 2.97. The van der Waals surface area contributed by atoms with Gasteiger partial charge in [0.25, 0.3) is 5.91 Å². The number of nitrogens with one attached hydrogen (secondary N) is 1. The molecule has 0 bridgehead atoms. The van der Waals surface area contributed by atoms with E-state index >= 15 is 0 Å². The van der Waals surface area contributed by atoms with Crippen molar-refractivity contribution < 1.29 is 9.53 Å². The fraction of sp³-hybridized carbons (Fsp3) is 0.333. The first-order valence-corrected chi connectivity index (χ1v) is 7.49. The van der Waals surface area contributed by atoms with E-state index in [0.29, 0.717) is 16.8 Å². The second-order valence-electron chi connectivity index (χ2n) is 4.55. The van der Waals surface area contributed by atoms with Gasteiger partial charge < -0.3 is 4.74 Å². The third-order valence-corrected chi connectivity index (χ3v) is 3.80. The van der Waals surface area contributed by atoms with Gasteiger partial charge in [-0.1, -0.05) is 26.0 Å². The Morgan fingerprint density at radius 2 is 2.15 bits per heavy atom. The maximum absolute atomic E-state index is 11.6. The summed E-state index contributed by atoms with van der Waals surface area (Å²) in [5, 5.41) is 5.07. The van der Waals surface area contributed by atoms with Crippen molar-refractivity contribution in [2.45, 2.75) is 26.2 Å². The third-order valence-electron chi connectivity index (χ3n) is 3.11. The lowest BCUT2D eigenvalue weighted by molar-refractivity contribution is -0.118. The fourth-order valence-corrected chi connectivity index (χ4v) is 2.26. The molecule has 0 radical (unpaired) electrons. The monoisotopic (exact) mass is 290 g/mol. The van der Waals surface area contributed by atoms with Crippen LogP contribution < -0.4 is 10.1 Å². The first-order chi connectivity index (χ1) is 9.69. The lowest BCUT2D eigenvalue weighted by atomic mass is 9.99. The van der Waals surface area contributed by atoms with Gasteiger partial charge in [0.1, 0.15) is 5.75 Å². The van der Waals surface area contributed by atoms with E-state index in [4.69, 9.17) is 4.74 Å². The van der Waals surface area contributed by atoms with Crippen LogP contribution in [0.3, 0.4) is 0 Å². The summed E-state index contributed by atoms with van der Waals surface area (Å²) in [5.74, 6) is 1.04. The molecule has 5 heteroatoms. The minimum Gasteiger partial charge on any atom is -0.484 e. The first kappa shape index (κ1) is 14.5. The number of carbonyl (C=O) groups excluding carboxylic acids is 1. The van der Waals surface area contributed by atoms with Crippen molar-refractivity contribution in [1.29, 1.82) is 0 Å². The smallest absolute Gasteiger partial charge is 0.264 e. The van der Waals surface area contributed by atoms with Crippen LogP contribution >= 0.6 is 11.3 Å². The van der Waals surface area contributed by atoms with Crippen molar-refractivity contribution in [3.8, 4) is 5.75 Å². The maximum atomic E-state index is 11.6. The van der Waals surface area contributed by atoms with Gasteiger partial charge in [-0.15, -0.1) is 11.3 Å². The standard InChI is InChI=1S/C15H18N2O2S/c1-3-11(2)12-4-6-13(7-5-12)19-10-14(18)17-15-16-8-9-20-15/h4-9,11H,3,10H2,1-2H3,(H,16,17,18). The number of carbonyl (C=O) groups is 1. The molecule has 1 heterocycles. The van der Waals surface area contributed by atoms with Crippen LogP contribution in [0.2, 0.25) is 0 Å². The number of amides is 1. The molecule has 0 fully saturated rings. The van der Waals surface area contributed by atoms with Crippen LogP contribution in [-0.2, 0) is 4.79 Å². The zero-order valence-corrected chi connectivity index (χ0v) is 12.4.